The average molecular weight is 397 g/mol. The van der Waals surface area contributed by atoms with Crippen LogP contribution in [0.25, 0.3) is 0 Å². The number of ether oxygens (including phenoxy) is 1. The van der Waals surface area contributed by atoms with Gasteiger partial charge in [-0.15, -0.1) is 0 Å². The molecule has 0 aliphatic carbocycles. The van der Waals surface area contributed by atoms with E-state index in [-0.39, 0.29) is 11.9 Å². The van der Waals surface area contributed by atoms with E-state index < -0.39 is 0 Å². The maximum absolute atomic E-state index is 11.6. The summed E-state index contributed by atoms with van der Waals surface area (Å²) < 4.78 is 5.74. The highest BCUT2D eigenvalue weighted by Gasteiger charge is 2.09. The van der Waals surface area contributed by atoms with Crippen molar-refractivity contribution in [1.29, 1.82) is 0 Å². The number of hydrogen-bond acceptors (Lipinski definition) is 3. The van der Waals surface area contributed by atoms with Gasteiger partial charge in [0.05, 0.1) is 12.6 Å². The Morgan fingerprint density at radius 3 is 2.24 bits per heavy atom. The molecule has 1 amide bonds. The van der Waals surface area contributed by atoms with Gasteiger partial charge in [0.2, 0.25) is 0 Å². The van der Waals surface area contributed by atoms with Crippen LogP contribution in [0.15, 0.2) is 53.5 Å². The number of benzene rings is 2. The molecule has 2 rings (SSSR count). The van der Waals surface area contributed by atoms with Crippen molar-refractivity contribution >= 4 is 11.9 Å². The molecule has 6 nitrogen and oxygen atoms in total. The van der Waals surface area contributed by atoms with E-state index in [4.69, 9.17) is 4.74 Å². The van der Waals surface area contributed by atoms with Gasteiger partial charge in [-0.2, -0.15) is 0 Å². The fourth-order valence-corrected chi connectivity index (χ4v) is 2.70. The molecule has 1 atom stereocenters. The molecule has 0 aromatic heterocycles. The molecule has 0 aliphatic heterocycles. The summed E-state index contributed by atoms with van der Waals surface area (Å²) in [5, 5.41) is 9.32. The summed E-state index contributed by atoms with van der Waals surface area (Å²) in [6.07, 6.45) is 0. The SMILES string of the molecule is CN=C(NCc1ccc(C(=O)NC)cc1)NC(C)c1ccc(OCC(C)C)cc1. The van der Waals surface area contributed by atoms with Crippen LogP contribution in [-0.4, -0.2) is 32.6 Å². The van der Waals surface area contributed by atoms with Crippen molar-refractivity contribution in [2.45, 2.75) is 33.4 Å². The van der Waals surface area contributed by atoms with Crippen LogP contribution < -0.4 is 20.7 Å². The molecule has 0 saturated carbocycles. The summed E-state index contributed by atoms with van der Waals surface area (Å²) in [6.45, 7) is 7.69. The Hall–Kier alpha value is -3.02. The van der Waals surface area contributed by atoms with Crippen LogP contribution in [0.1, 0.15) is 48.3 Å². The number of rotatable bonds is 8. The summed E-state index contributed by atoms with van der Waals surface area (Å²) in [5.74, 6) is 2.02. The minimum absolute atomic E-state index is 0.0866. The molecule has 0 heterocycles. The summed E-state index contributed by atoms with van der Waals surface area (Å²) in [7, 11) is 3.38. The van der Waals surface area contributed by atoms with E-state index in [1.165, 1.54) is 0 Å². The molecule has 2 aromatic rings. The zero-order valence-electron chi connectivity index (χ0n) is 18.0. The van der Waals surface area contributed by atoms with Gasteiger partial charge >= 0.3 is 0 Å². The number of aliphatic imine (C=N–C) groups is 1. The van der Waals surface area contributed by atoms with Crippen molar-refractivity contribution in [2.75, 3.05) is 20.7 Å². The Kier molecular flexibility index (Phi) is 8.52. The molecule has 0 fully saturated rings. The van der Waals surface area contributed by atoms with Gasteiger partial charge in [0.15, 0.2) is 5.96 Å². The van der Waals surface area contributed by atoms with Gasteiger partial charge in [0, 0.05) is 26.2 Å². The quantitative estimate of drug-likeness (QED) is 0.472. The molecule has 0 spiro atoms. The maximum atomic E-state index is 11.6. The van der Waals surface area contributed by atoms with Crippen LogP contribution in [0.4, 0.5) is 0 Å². The zero-order valence-corrected chi connectivity index (χ0v) is 18.0. The fraction of sp³-hybridized carbons (Fsp3) is 0.391. The van der Waals surface area contributed by atoms with Gasteiger partial charge in [-0.3, -0.25) is 9.79 Å². The molecular formula is C23H32N4O2. The Morgan fingerprint density at radius 2 is 1.69 bits per heavy atom. The molecule has 156 valence electrons. The highest BCUT2D eigenvalue weighted by Crippen LogP contribution is 2.18. The Bertz CT molecular complexity index is 799. The third kappa shape index (κ3) is 7.14. The molecule has 0 saturated heterocycles. The average Bonchev–Trinajstić information content (AvgIpc) is 2.75. The van der Waals surface area contributed by atoms with Gasteiger partial charge in [0.1, 0.15) is 5.75 Å². The molecule has 0 aliphatic rings. The first-order chi connectivity index (χ1) is 13.9. The van der Waals surface area contributed by atoms with Crippen molar-refractivity contribution in [3.05, 3.63) is 65.2 Å². The minimum Gasteiger partial charge on any atom is -0.493 e. The summed E-state index contributed by atoms with van der Waals surface area (Å²) in [6, 6.07) is 15.7. The second-order valence-electron chi connectivity index (χ2n) is 7.34. The molecule has 3 N–H and O–H groups in total. The van der Waals surface area contributed by atoms with Gasteiger partial charge in [-0.25, -0.2) is 0 Å². The van der Waals surface area contributed by atoms with Crippen molar-refractivity contribution in [3.8, 4) is 5.75 Å². The van der Waals surface area contributed by atoms with E-state index in [1.54, 1.807) is 14.1 Å². The number of hydrogen-bond donors (Lipinski definition) is 3. The number of amides is 1. The normalized spacial score (nSPS) is 12.4. The number of guanidine groups is 1. The first kappa shape index (κ1) is 22.3. The van der Waals surface area contributed by atoms with Crippen molar-refractivity contribution in [3.63, 3.8) is 0 Å². The number of nitrogens with zero attached hydrogens (tertiary/aromatic N) is 1. The Balaban J connectivity index is 1.88. The second-order valence-corrected chi connectivity index (χ2v) is 7.34. The number of carbonyl (C=O) groups is 1. The van der Waals surface area contributed by atoms with E-state index >= 15 is 0 Å². The summed E-state index contributed by atoms with van der Waals surface area (Å²) in [4.78, 5) is 15.9. The van der Waals surface area contributed by atoms with Crippen LogP contribution in [0, 0.1) is 5.92 Å². The van der Waals surface area contributed by atoms with E-state index in [2.05, 4.69) is 53.8 Å². The topological polar surface area (TPSA) is 74.8 Å². The minimum atomic E-state index is -0.0866. The fourth-order valence-electron chi connectivity index (χ4n) is 2.70. The zero-order chi connectivity index (χ0) is 21.2. The van der Waals surface area contributed by atoms with Crippen LogP contribution in [0.2, 0.25) is 0 Å². The van der Waals surface area contributed by atoms with Crippen molar-refractivity contribution in [1.82, 2.24) is 16.0 Å². The maximum Gasteiger partial charge on any atom is 0.251 e. The predicted molar refractivity (Wildman–Crippen MR) is 118 cm³/mol. The third-order valence-electron chi connectivity index (χ3n) is 4.44. The van der Waals surface area contributed by atoms with Gasteiger partial charge < -0.3 is 20.7 Å². The van der Waals surface area contributed by atoms with E-state index in [0.717, 1.165) is 16.9 Å². The molecular weight excluding hydrogens is 364 g/mol. The van der Waals surface area contributed by atoms with E-state index in [9.17, 15) is 4.79 Å². The molecule has 0 bridgehead atoms. The van der Waals surface area contributed by atoms with Crippen LogP contribution in [0.3, 0.4) is 0 Å². The lowest BCUT2D eigenvalue weighted by atomic mass is 10.1. The van der Waals surface area contributed by atoms with Crippen LogP contribution in [0.5, 0.6) is 5.75 Å². The lowest BCUT2D eigenvalue weighted by Gasteiger charge is -2.19. The Morgan fingerprint density at radius 1 is 1.03 bits per heavy atom. The predicted octanol–water partition coefficient (Wildman–Crippen LogP) is 3.51. The third-order valence-corrected chi connectivity index (χ3v) is 4.44. The summed E-state index contributed by atoms with van der Waals surface area (Å²) >= 11 is 0. The lowest BCUT2D eigenvalue weighted by Crippen LogP contribution is -2.38. The standard InChI is InChI=1S/C23H32N4O2/c1-16(2)15-29-21-12-10-19(11-13-21)17(3)27-23(25-5)26-14-18-6-8-20(9-7-18)22(28)24-4/h6-13,16-17H,14-15H2,1-5H3,(H,24,28)(H2,25,26,27). The van der Waals surface area contributed by atoms with E-state index in [0.29, 0.717) is 30.6 Å². The summed E-state index contributed by atoms with van der Waals surface area (Å²) in [5.41, 5.74) is 2.87. The molecule has 2 aromatic carbocycles. The second kappa shape index (κ2) is 11.1. The molecule has 1 unspecified atom stereocenters. The van der Waals surface area contributed by atoms with E-state index in [1.807, 2.05) is 36.4 Å². The molecule has 0 radical (unpaired) electrons. The van der Waals surface area contributed by atoms with Crippen LogP contribution >= 0.6 is 0 Å². The van der Waals surface area contributed by atoms with Crippen molar-refractivity contribution in [2.24, 2.45) is 10.9 Å². The van der Waals surface area contributed by atoms with Gasteiger partial charge in [-0.05, 0) is 48.2 Å². The first-order valence-corrected chi connectivity index (χ1v) is 9.94. The monoisotopic (exact) mass is 396 g/mol. The van der Waals surface area contributed by atoms with Crippen molar-refractivity contribution < 1.29 is 9.53 Å². The molecule has 6 heteroatoms. The van der Waals surface area contributed by atoms with Gasteiger partial charge in [0.25, 0.3) is 5.91 Å². The number of carbonyl (C=O) groups excluding carboxylic acids is 1. The largest absolute Gasteiger partial charge is 0.493 e. The smallest absolute Gasteiger partial charge is 0.251 e. The lowest BCUT2D eigenvalue weighted by molar-refractivity contribution is 0.0963. The van der Waals surface area contributed by atoms with Gasteiger partial charge in [-0.1, -0.05) is 38.1 Å². The molecule has 29 heavy (non-hydrogen) atoms. The highest BCUT2D eigenvalue weighted by atomic mass is 16.5. The Labute approximate surface area is 173 Å². The van der Waals surface area contributed by atoms with Crippen LogP contribution in [-0.2, 0) is 6.54 Å². The number of nitrogens with one attached hydrogen (secondary N) is 3. The highest BCUT2D eigenvalue weighted by molar-refractivity contribution is 5.93. The first-order valence-electron chi connectivity index (χ1n) is 9.94.